The molecule has 9 heavy (non-hydrogen) atoms. The maximum Gasteiger partial charge on any atom is 0.254 e. The summed E-state index contributed by atoms with van der Waals surface area (Å²) in [5, 5.41) is 20.3. The smallest absolute Gasteiger partial charge is 0.254 e. The molecule has 4 nitrogen and oxygen atoms in total. The largest absolute Gasteiger partial charge is 0.388 e. The molecule has 1 aliphatic rings. The van der Waals surface area contributed by atoms with Crippen molar-refractivity contribution in [2.24, 2.45) is 0 Å². The number of carbonyl (C=O) groups is 1. The molecule has 0 aliphatic carbocycles. The Hall–Kier alpha value is -0.610. The predicted octanol–water partition coefficient (Wildman–Crippen LogP) is -1.77. The molecule has 1 amide bonds. The maximum absolute atomic E-state index is 10.6. The molecule has 0 bridgehead atoms. The second kappa shape index (κ2) is 1.68. The van der Waals surface area contributed by atoms with E-state index in [0.29, 0.717) is 0 Å². The van der Waals surface area contributed by atoms with E-state index in [4.69, 9.17) is 10.2 Å². The number of carbonyl (C=O) groups excluding carboxylic acids is 1. The van der Waals surface area contributed by atoms with Gasteiger partial charge in [-0.05, 0) is 6.92 Å². The first kappa shape index (κ1) is 6.51. The van der Waals surface area contributed by atoms with Gasteiger partial charge >= 0.3 is 0 Å². The van der Waals surface area contributed by atoms with Crippen molar-refractivity contribution >= 4 is 5.91 Å². The van der Waals surface area contributed by atoms with Gasteiger partial charge in [-0.15, -0.1) is 0 Å². The fourth-order valence-electron chi connectivity index (χ4n) is 0.718. The summed E-state index contributed by atoms with van der Waals surface area (Å²) in [7, 11) is 0. The Morgan fingerprint density at radius 1 is 1.89 bits per heavy atom. The molecule has 0 unspecified atom stereocenters. The molecule has 0 radical (unpaired) electrons. The van der Waals surface area contributed by atoms with Crippen LogP contribution in [0, 0.1) is 0 Å². The number of nitrogens with one attached hydrogen (secondary N) is 1. The zero-order valence-electron chi connectivity index (χ0n) is 5.09. The van der Waals surface area contributed by atoms with Crippen molar-refractivity contribution < 1.29 is 15.0 Å². The van der Waals surface area contributed by atoms with Crippen LogP contribution < -0.4 is 5.32 Å². The third-order valence-electron chi connectivity index (χ3n) is 1.56. The van der Waals surface area contributed by atoms with Gasteiger partial charge in [-0.2, -0.15) is 0 Å². The Balaban J connectivity index is 2.78. The summed E-state index contributed by atoms with van der Waals surface area (Å²) < 4.78 is 0. The topological polar surface area (TPSA) is 69.6 Å². The molecule has 0 saturated carbocycles. The molecule has 1 aliphatic heterocycles. The third kappa shape index (κ3) is 0.799. The zero-order valence-corrected chi connectivity index (χ0v) is 5.09. The van der Waals surface area contributed by atoms with Gasteiger partial charge in [-0.25, -0.2) is 0 Å². The van der Waals surface area contributed by atoms with E-state index in [1.54, 1.807) is 0 Å². The highest BCUT2D eigenvalue weighted by atomic mass is 16.4. The van der Waals surface area contributed by atoms with Crippen LogP contribution in [0.3, 0.4) is 0 Å². The maximum atomic E-state index is 10.6. The summed E-state index contributed by atoms with van der Waals surface area (Å²) in [6, 6.07) is 0. The molecule has 1 rings (SSSR count). The van der Waals surface area contributed by atoms with Crippen molar-refractivity contribution in [2.45, 2.75) is 18.6 Å². The molecule has 2 atom stereocenters. The molecular weight excluding hydrogens is 122 g/mol. The molecule has 0 aromatic heterocycles. The highest BCUT2D eigenvalue weighted by molar-refractivity contribution is 5.87. The van der Waals surface area contributed by atoms with Crippen molar-refractivity contribution in [2.75, 3.05) is 6.54 Å². The number of amides is 1. The number of hydrogen-bond acceptors (Lipinski definition) is 3. The van der Waals surface area contributed by atoms with E-state index in [0.717, 1.165) is 0 Å². The summed E-state index contributed by atoms with van der Waals surface area (Å²) in [6.07, 6.45) is -0.968. The fourth-order valence-corrected chi connectivity index (χ4v) is 0.718. The van der Waals surface area contributed by atoms with Crippen molar-refractivity contribution in [3.8, 4) is 0 Å². The molecule has 0 spiro atoms. The first-order chi connectivity index (χ1) is 4.05. The van der Waals surface area contributed by atoms with Gasteiger partial charge in [0.1, 0.15) is 6.10 Å². The van der Waals surface area contributed by atoms with Crippen molar-refractivity contribution in [1.82, 2.24) is 5.32 Å². The summed E-state index contributed by atoms with van der Waals surface area (Å²) in [5.41, 5.74) is -1.58. The predicted molar refractivity (Wildman–Crippen MR) is 29.6 cm³/mol. The van der Waals surface area contributed by atoms with E-state index in [1.165, 1.54) is 6.92 Å². The van der Waals surface area contributed by atoms with Crippen LogP contribution >= 0.6 is 0 Å². The molecule has 0 aromatic carbocycles. The van der Waals surface area contributed by atoms with Crippen LogP contribution in [0.2, 0.25) is 0 Å². The van der Waals surface area contributed by atoms with Gasteiger partial charge in [0.25, 0.3) is 5.91 Å². The number of hydrogen-bond donors (Lipinski definition) is 3. The average Bonchev–Trinajstić information content (AvgIpc) is 1.96. The number of rotatable bonds is 0. The van der Waals surface area contributed by atoms with Crippen LogP contribution in [-0.4, -0.2) is 34.4 Å². The number of β-amino-alcohol motifs (C(OH)–C–C–N with tert-alkyl or cyclic N) is 1. The van der Waals surface area contributed by atoms with Gasteiger partial charge in [-0.3, -0.25) is 4.79 Å². The van der Waals surface area contributed by atoms with E-state index in [2.05, 4.69) is 5.32 Å². The minimum Gasteiger partial charge on any atom is -0.388 e. The van der Waals surface area contributed by atoms with Crippen LogP contribution in [-0.2, 0) is 4.79 Å². The highest BCUT2D eigenvalue weighted by Crippen LogP contribution is 2.14. The fraction of sp³-hybridized carbons (Fsp3) is 0.800. The van der Waals surface area contributed by atoms with E-state index >= 15 is 0 Å². The van der Waals surface area contributed by atoms with Crippen molar-refractivity contribution in [3.63, 3.8) is 0 Å². The number of aliphatic hydroxyl groups is 2. The minimum absolute atomic E-state index is 0.145. The first-order valence-corrected chi connectivity index (χ1v) is 2.74. The standard InChI is InChI=1S/C5H9NO3/c1-5(9)3(7)2-6-4(5)8/h3,7,9H,2H2,1H3,(H,6,8)/t3-,5-/m1/s1. The molecule has 1 heterocycles. The SMILES string of the molecule is C[C@]1(O)C(=O)NC[C@H]1O. The Labute approximate surface area is 52.5 Å². The normalized spacial score (nSPS) is 43.0. The molecule has 0 aromatic rings. The summed E-state index contributed by atoms with van der Waals surface area (Å²) in [4.78, 5) is 10.6. The molecule has 4 heteroatoms. The quantitative estimate of drug-likeness (QED) is 0.364. The minimum atomic E-state index is -1.58. The monoisotopic (exact) mass is 131 g/mol. The van der Waals surface area contributed by atoms with Crippen molar-refractivity contribution in [1.29, 1.82) is 0 Å². The lowest BCUT2D eigenvalue weighted by atomic mass is 10.0. The van der Waals surface area contributed by atoms with Gasteiger partial charge < -0.3 is 15.5 Å². The Morgan fingerprint density at radius 2 is 2.44 bits per heavy atom. The van der Waals surface area contributed by atoms with Gasteiger partial charge in [0.15, 0.2) is 5.60 Å². The lowest BCUT2D eigenvalue weighted by Crippen LogP contribution is -2.41. The Morgan fingerprint density at radius 3 is 2.56 bits per heavy atom. The van der Waals surface area contributed by atoms with E-state index in [1.807, 2.05) is 0 Å². The second-order valence-corrected chi connectivity index (χ2v) is 2.37. The van der Waals surface area contributed by atoms with Gasteiger partial charge in [0, 0.05) is 6.54 Å². The van der Waals surface area contributed by atoms with Crippen LogP contribution in [0.4, 0.5) is 0 Å². The van der Waals surface area contributed by atoms with Gasteiger partial charge in [0.05, 0.1) is 0 Å². The Kier molecular flexibility index (Phi) is 1.22. The zero-order chi connectivity index (χ0) is 7.07. The van der Waals surface area contributed by atoms with Crippen LogP contribution in [0.5, 0.6) is 0 Å². The summed E-state index contributed by atoms with van der Waals surface area (Å²) in [5.74, 6) is -0.505. The van der Waals surface area contributed by atoms with E-state index < -0.39 is 17.6 Å². The third-order valence-corrected chi connectivity index (χ3v) is 1.56. The molecule has 1 fully saturated rings. The van der Waals surface area contributed by atoms with Crippen LogP contribution in [0.1, 0.15) is 6.92 Å². The molecule has 52 valence electrons. The lowest BCUT2D eigenvalue weighted by molar-refractivity contribution is -0.139. The van der Waals surface area contributed by atoms with Crippen molar-refractivity contribution in [3.05, 3.63) is 0 Å². The molecular formula is C5H9NO3. The van der Waals surface area contributed by atoms with Gasteiger partial charge in [-0.1, -0.05) is 0 Å². The highest BCUT2D eigenvalue weighted by Gasteiger charge is 2.43. The Bertz CT molecular complexity index is 143. The average molecular weight is 131 g/mol. The van der Waals surface area contributed by atoms with E-state index in [-0.39, 0.29) is 6.54 Å². The molecule has 1 saturated heterocycles. The molecule has 3 N–H and O–H groups in total. The van der Waals surface area contributed by atoms with Crippen LogP contribution in [0.15, 0.2) is 0 Å². The second-order valence-electron chi connectivity index (χ2n) is 2.37. The van der Waals surface area contributed by atoms with Gasteiger partial charge in [0.2, 0.25) is 0 Å². The first-order valence-electron chi connectivity index (χ1n) is 2.74. The number of aliphatic hydroxyl groups excluding tert-OH is 1. The van der Waals surface area contributed by atoms with Crippen LogP contribution in [0.25, 0.3) is 0 Å². The summed E-state index contributed by atoms with van der Waals surface area (Å²) >= 11 is 0. The summed E-state index contributed by atoms with van der Waals surface area (Å²) in [6.45, 7) is 1.44. The van der Waals surface area contributed by atoms with E-state index in [9.17, 15) is 4.79 Å². The lowest BCUT2D eigenvalue weighted by Gasteiger charge is -2.15.